The highest BCUT2D eigenvalue weighted by molar-refractivity contribution is 5.88. The van der Waals surface area contributed by atoms with E-state index < -0.39 is 0 Å². The van der Waals surface area contributed by atoms with Gasteiger partial charge < -0.3 is 14.5 Å². The van der Waals surface area contributed by atoms with Crippen molar-refractivity contribution in [3.8, 4) is 5.75 Å². The Hall–Kier alpha value is -3.27. The fourth-order valence-corrected chi connectivity index (χ4v) is 3.03. The van der Waals surface area contributed by atoms with Gasteiger partial charge in [-0.05, 0) is 30.5 Å². The summed E-state index contributed by atoms with van der Waals surface area (Å²) in [6.07, 6.45) is 0. The van der Waals surface area contributed by atoms with Gasteiger partial charge in [-0.15, -0.1) is 0 Å². The van der Waals surface area contributed by atoms with Gasteiger partial charge in [-0.3, -0.25) is 4.79 Å². The van der Waals surface area contributed by atoms with Crippen LogP contribution in [0.4, 0.5) is 0 Å². The molecule has 1 aromatic heterocycles. The maximum Gasteiger partial charge on any atom is 0.258 e. The molecule has 0 aliphatic rings. The second kappa shape index (κ2) is 6.92. The fourth-order valence-electron chi connectivity index (χ4n) is 3.03. The summed E-state index contributed by atoms with van der Waals surface area (Å²) in [5.74, 6) is 1.24. The van der Waals surface area contributed by atoms with Crippen molar-refractivity contribution in [1.82, 2.24) is 5.32 Å². The molecule has 26 heavy (non-hydrogen) atoms. The van der Waals surface area contributed by atoms with Crippen LogP contribution in [0, 0.1) is 0 Å². The Morgan fingerprint density at radius 3 is 2.58 bits per heavy atom. The molecule has 1 N–H and O–H groups in total. The molecule has 0 saturated heterocycles. The highest BCUT2D eigenvalue weighted by Gasteiger charge is 2.15. The third-order valence-corrected chi connectivity index (χ3v) is 4.36. The van der Waals surface area contributed by atoms with Crippen LogP contribution in [0.5, 0.6) is 5.75 Å². The molecular formula is C22H19NO3. The minimum atomic E-state index is -0.231. The fraction of sp³-hybridized carbons (Fsp3) is 0.136. The van der Waals surface area contributed by atoms with E-state index in [1.807, 2.05) is 79.7 Å². The van der Waals surface area contributed by atoms with E-state index in [-0.39, 0.29) is 18.6 Å². The number of fused-ring (bicyclic) bond motifs is 2. The van der Waals surface area contributed by atoms with E-state index in [4.69, 9.17) is 9.15 Å². The number of rotatable bonds is 5. The van der Waals surface area contributed by atoms with E-state index in [1.165, 1.54) is 0 Å². The van der Waals surface area contributed by atoms with Crippen LogP contribution in [0.15, 0.2) is 77.2 Å². The molecule has 4 nitrogen and oxygen atoms in total. The zero-order valence-electron chi connectivity index (χ0n) is 14.4. The number of amides is 1. The molecule has 1 heterocycles. The predicted molar refractivity (Wildman–Crippen MR) is 102 cm³/mol. The molecule has 0 spiro atoms. The van der Waals surface area contributed by atoms with Crippen LogP contribution in [-0.2, 0) is 4.79 Å². The Balaban J connectivity index is 1.42. The number of para-hydroxylation sites is 1. The molecular weight excluding hydrogens is 326 g/mol. The molecule has 0 fully saturated rings. The Morgan fingerprint density at radius 1 is 1.00 bits per heavy atom. The highest BCUT2D eigenvalue weighted by atomic mass is 16.5. The van der Waals surface area contributed by atoms with Crippen LogP contribution in [0.25, 0.3) is 21.7 Å². The SMILES string of the molecule is C[C@H](NC(=O)COc1cccc2ccccc12)c1cc2ccccc2o1. The lowest BCUT2D eigenvalue weighted by Crippen LogP contribution is -2.31. The molecule has 0 bridgehead atoms. The molecule has 3 aromatic carbocycles. The van der Waals surface area contributed by atoms with Gasteiger partial charge in [0, 0.05) is 10.8 Å². The largest absolute Gasteiger partial charge is 0.483 e. The minimum Gasteiger partial charge on any atom is -0.483 e. The first-order chi connectivity index (χ1) is 12.7. The van der Waals surface area contributed by atoms with Crippen LogP contribution in [0.1, 0.15) is 18.7 Å². The zero-order chi connectivity index (χ0) is 17.9. The van der Waals surface area contributed by atoms with Crippen molar-refractivity contribution in [3.05, 3.63) is 78.6 Å². The van der Waals surface area contributed by atoms with Crippen molar-refractivity contribution in [2.45, 2.75) is 13.0 Å². The van der Waals surface area contributed by atoms with E-state index in [1.54, 1.807) is 0 Å². The molecule has 4 heteroatoms. The summed E-state index contributed by atoms with van der Waals surface area (Å²) in [6, 6.07) is 23.3. The standard InChI is InChI=1S/C22H19NO3/c1-15(21-13-17-8-3-5-11-19(17)26-21)23-22(24)14-25-20-12-6-9-16-7-2-4-10-18(16)20/h2-13,15H,14H2,1H3,(H,23,24)/t15-/m0/s1. The molecule has 1 atom stereocenters. The van der Waals surface area contributed by atoms with Gasteiger partial charge in [-0.2, -0.15) is 0 Å². The van der Waals surface area contributed by atoms with Crippen molar-refractivity contribution in [3.63, 3.8) is 0 Å². The second-order valence-corrected chi connectivity index (χ2v) is 6.24. The second-order valence-electron chi connectivity index (χ2n) is 6.24. The molecule has 4 rings (SSSR count). The highest BCUT2D eigenvalue weighted by Crippen LogP contribution is 2.25. The van der Waals surface area contributed by atoms with Gasteiger partial charge in [0.2, 0.25) is 0 Å². The van der Waals surface area contributed by atoms with E-state index in [2.05, 4.69) is 5.32 Å². The van der Waals surface area contributed by atoms with Crippen molar-refractivity contribution < 1.29 is 13.9 Å². The summed E-state index contributed by atoms with van der Waals surface area (Å²) >= 11 is 0. The van der Waals surface area contributed by atoms with Crippen molar-refractivity contribution in [2.75, 3.05) is 6.61 Å². The molecule has 4 aromatic rings. The van der Waals surface area contributed by atoms with Gasteiger partial charge in [0.1, 0.15) is 17.1 Å². The monoisotopic (exact) mass is 345 g/mol. The van der Waals surface area contributed by atoms with E-state index in [0.717, 1.165) is 27.5 Å². The summed E-state index contributed by atoms with van der Waals surface area (Å²) in [4.78, 5) is 12.3. The smallest absolute Gasteiger partial charge is 0.258 e. The molecule has 0 aliphatic heterocycles. The number of hydrogen-bond acceptors (Lipinski definition) is 3. The lowest BCUT2D eigenvalue weighted by molar-refractivity contribution is -0.123. The Morgan fingerprint density at radius 2 is 1.73 bits per heavy atom. The van der Waals surface area contributed by atoms with Gasteiger partial charge in [0.05, 0.1) is 6.04 Å². The predicted octanol–water partition coefficient (Wildman–Crippen LogP) is 4.84. The van der Waals surface area contributed by atoms with Crippen molar-refractivity contribution in [1.29, 1.82) is 0 Å². The number of ether oxygens (including phenoxy) is 1. The Bertz CT molecular complexity index is 1030. The number of benzene rings is 3. The summed E-state index contributed by atoms with van der Waals surface area (Å²) in [7, 11) is 0. The first-order valence-corrected chi connectivity index (χ1v) is 8.59. The minimum absolute atomic E-state index is 0.0431. The lowest BCUT2D eigenvalue weighted by atomic mass is 10.1. The number of carbonyl (C=O) groups is 1. The van der Waals surface area contributed by atoms with Crippen LogP contribution in [0.2, 0.25) is 0 Å². The number of furan rings is 1. The number of nitrogens with one attached hydrogen (secondary N) is 1. The summed E-state index contributed by atoms with van der Waals surface area (Å²) in [5, 5.41) is 6.02. The van der Waals surface area contributed by atoms with Gasteiger partial charge >= 0.3 is 0 Å². The molecule has 0 unspecified atom stereocenters. The summed E-state index contributed by atoms with van der Waals surface area (Å²) in [5.41, 5.74) is 0.815. The number of hydrogen-bond donors (Lipinski definition) is 1. The first kappa shape index (κ1) is 16.2. The topological polar surface area (TPSA) is 51.5 Å². The van der Waals surface area contributed by atoms with Crippen LogP contribution in [0.3, 0.4) is 0 Å². The average Bonchev–Trinajstić information content (AvgIpc) is 3.11. The summed E-state index contributed by atoms with van der Waals surface area (Å²) in [6.45, 7) is 1.85. The van der Waals surface area contributed by atoms with E-state index >= 15 is 0 Å². The third-order valence-electron chi connectivity index (χ3n) is 4.36. The third kappa shape index (κ3) is 3.26. The normalized spacial score (nSPS) is 12.2. The van der Waals surface area contributed by atoms with E-state index in [9.17, 15) is 4.79 Å². The molecule has 0 radical (unpaired) electrons. The van der Waals surface area contributed by atoms with Crippen LogP contribution >= 0.6 is 0 Å². The van der Waals surface area contributed by atoms with Crippen LogP contribution < -0.4 is 10.1 Å². The van der Waals surface area contributed by atoms with Gasteiger partial charge in [-0.1, -0.05) is 54.6 Å². The van der Waals surface area contributed by atoms with Gasteiger partial charge in [0.15, 0.2) is 6.61 Å². The molecule has 130 valence electrons. The average molecular weight is 345 g/mol. The summed E-state index contributed by atoms with van der Waals surface area (Å²) < 4.78 is 11.5. The maximum absolute atomic E-state index is 12.3. The Labute approximate surface area is 151 Å². The Kier molecular flexibility index (Phi) is 4.32. The molecule has 1 amide bonds. The zero-order valence-corrected chi connectivity index (χ0v) is 14.4. The maximum atomic E-state index is 12.3. The van der Waals surface area contributed by atoms with Gasteiger partial charge in [-0.25, -0.2) is 0 Å². The molecule has 0 aliphatic carbocycles. The lowest BCUT2D eigenvalue weighted by Gasteiger charge is -2.13. The number of carbonyl (C=O) groups excluding carboxylic acids is 1. The van der Waals surface area contributed by atoms with E-state index in [0.29, 0.717) is 5.75 Å². The van der Waals surface area contributed by atoms with Crippen molar-refractivity contribution in [2.24, 2.45) is 0 Å². The van der Waals surface area contributed by atoms with Crippen LogP contribution in [-0.4, -0.2) is 12.5 Å². The van der Waals surface area contributed by atoms with Gasteiger partial charge in [0.25, 0.3) is 5.91 Å². The molecule has 0 saturated carbocycles. The quantitative estimate of drug-likeness (QED) is 0.563. The van der Waals surface area contributed by atoms with Crippen molar-refractivity contribution >= 4 is 27.6 Å². The first-order valence-electron chi connectivity index (χ1n) is 8.59.